The van der Waals surface area contributed by atoms with Gasteiger partial charge in [-0.3, -0.25) is 0 Å². The van der Waals surface area contributed by atoms with Crippen LogP contribution in [0, 0.1) is 0 Å². The van der Waals surface area contributed by atoms with E-state index in [0.717, 1.165) is 5.56 Å². The maximum Gasteiger partial charge on any atom is 0.407 e. The van der Waals surface area contributed by atoms with Crippen LogP contribution in [0.3, 0.4) is 0 Å². The first-order chi connectivity index (χ1) is 8.74. The van der Waals surface area contributed by atoms with Crippen LogP contribution >= 0.6 is 0 Å². The van der Waals surface area contributed by atoms with Gasteiger partial charge in [0, 0.05) is 0 Å². The van der Waals surface area contributed by atoms with E-state index in [2.05, 4.69) is 10.6 Å². The number of carbonyl (C=O) groups is 2. The fraction of sp³-hybridized carbons (Fsp3) is 0.333. The van der Waals surface area contributed by atoms with E-state index in [1.807, 2.05) is 30.3 Å². The van der Waals surface area contributed by atoms with Gasteiger partial charge in [-0.05, 0) is 5.56 Å². The average Bonchev–Trinajstić information content (AvgIpc) is 2.81. The SMILES string of the molecule is O=C(NC[C@@H]1CNC(=O)O1)OCc1ccccc1. The predicted molar refractivity (Wildman–Crippen MR) is 62.9 cm³/mol. The van der Waals surface area contributed by atoms with Crippen molar-refractivity contribution in [2.24, 2.45) is 0 Å². The first-order valence-electron chi connectivity index (χ1n) is 5.63. The summed E-state index contributed by atoms with van der Waals surface area (Å²) < 4.78 is 9.86. The van der Waals surface area contributed by atoms with Crippen molar-refractivity contribution in [3.8, 4) is 0 Å². The van der Waals surface area contributed by atoms with E-state index in [1.54, 1.807) is 0 Å². The van der Waals surface area contributed by atoms with Gasteiger partial charge in [0.25, 0.3) is 0 Å². The van der Waals surface area contributed by atoms with Crippen LogP contribution in [0.1, 0.15) is 5.56 Å². The fourth-order valence-electron chi connectivity index (χ4n) is 1.52. The van der Waals surface area contributed by atoms with E-state index in [9.17, 15) is 9.59 Å². The van der Waals surface area contributed by atoms with Gasteiger partial charge >= 0.3 is 12.2 Å². The molecule has 2 N–H and O–H groups in total. The molecular formula is C12H14N2O4. The van der Waals surface area contributed by atoms with Crippen molar-refractivity contribution in [1.82, 2.24) is 10.6 Å². The lowest BCUT2D eigenvalue weighted by molar-refractivity contribution is 0.121. The molecule has 0 bridgehead atoms. The summed E-state index contributed by atoms with van der Waals surface area (Å²) in [6.45, 7) is 0.861. The van der Waals surface area contributed by atoms with E-state index in [1.165, 1.54) is 0 Å². The lowest BCUT2D eigenvalue weighted by Gasteiger charge is -2.10. The van der Waals surface area contributed by atoms with Gasteiger partial charge in [-0.15, -0.1) is 0 Å². The van der Waals surface area contributed by atoms with Crippen LogP contribution in [0.15, 0.2) is 30.3 Å². The van der Waals surface area contributed by atoms with Crippen LogP contribution in [-0.2, 0) is 16.1 Å². The molecule has 96 valence electrons. The van der Waals surface area contributed by atoms with Crippen LogP contribution < -0.4 is 10.6 Å². The molecule has 1 saturated heterocycles. The number of nitrogens with one attached hydrogen (secondary N) is 2. The number of hydrogen-bond acceptors (Lipinski definition) is 4. The molecule has 1 aromatic carbocycles. The van der Waals surface area contributed by atoms with Crippen LogP contribution in [-0.4, -0.2) is 31.4 Å². The van der Waals surface area contributed by atoms with Crippen LogP contribution in [0.2, 0.25) is 0 Å². The quantitative estimate of drug-likeness (QED) is 0.836. The summed E-state index contributed by atoms with van der Waals surface area (Å²) in [6.07, 6.45) is -1.32. The van der Waals surface area contributed by atoms with Crippen molar-refractivity contribution in [2.45, 2.75) is 12.7 Å². The molecule has 2 amide bonds. The molecule has 0 aliphatic carbocycles. The van der Waals surface area contributed by atoms with Gasteiger partial charge in [0.05, 0.1) is 13.1 Å². The van der Waals surface area contributed by atoms with Crippen LogP contribution in [0.4, 0.5) is 9.59 Å². The van der Waals surface area contributed by atoms with E-state index >= 15 is 0 Å². The first kappa shape index (κ1) is 12.2. The van der Waals surface area contributed by atoms with Crippen molar-refractivity contribution in [2.75, 3.05) is 13.1 Å². The Hall–Kier alpha value is -2.24. The maximum absolute atomic E-state index is 11.4. The highest BCUT2D eigenvalue weighted by atomic mass is 16.6. The predicted octanol–water partition coefficient (Wildman–Crippen LogP) is 1.02. The normalized spacial score (nSPS) is 17.8. The van der Waals surface area contributed by atoms with Gasteiger partial charge in [0.15, 0.2) is 0 Å². The standard InChI is InChI=1S/C12H14N2O4/c15-11(13-6-10-7-14-12(16)18-10)17-8-9-4-2-1-3-5-9/h1-5,10H,6-8H2,(H,13,15)(H,14,16)/t10-/m1/s1. The summed E-state index contributed by atoms with van der Waals surface area (Å²) in [4.78, 5) is 22.1. The Labute approximate surface area is 104 Å². The Kier molecular flexibility index (Phi) is 4.01. The molecule has 1 heterocycles. The zero-order chi connectivity index (χ0) is 12.8. The fourth-order valence-corrected chi connectivity index (χ4v) is 1.52. The number of alkyl carbamates (subject to hydrolysis) is 2. The molecule has 2 rings (SSSR count). The monoisotopic (exact) mass is 250 g/mol. The molecule has 1 aliphatic heterocycles. The minimum absolute atomic E-state index is 0.218. The smallest absolute Gasteiger partial charge is 0.407 e. The lowest BCUT2D eigenvalue weighted by atomic mass is 10.2. The minimum Gasteiger partial charge on any atom is -0.445 e. The zero-order valence-corrected chi connectivity index (χ0v) is 9.72. The number of amides is 2. The van der Waals surface area contributed by atoms with Crippen molar-refractivity contribution in [3.63, 3.8) is 0 Å². The summed E-state index contributed by atoms with van der Waals surface area (Å²) in [5.41, 5.74) is 0.918. The Balaban J connectivity index is 1.65. The molecule has 1 aliphatic rings. The molecule has 1 fully saturated rings. The van der Waals surface area contributed by atoms with Gasteiger partial charge in [0.1, 0.15) is 12.7 Å². The van der Waals surface area contributed by atoms with E-state index in [0.29, 0.717) is 6.54 Å². The van der Waals surface area contributed by atoms with E-state index < -0.39 is 12.2 Å². The lowest BCUT2D eigenvalue weighted by Crippen LogP contribution is -2.34. The molecule has 0 aromatic heterocycles. The first-order valence-corrected chi connectivity index (χ1v) is 5.63. The highest BCUT2D eigenvalue weighted by Gasteiger charge is 2.22. The number of carbonyl (C=O) groups excluding carboxylic acids is 2. The van der Waals surface area contributed by atoms with Gasteiger partial charge in [0.2, 0.25) is 0 Å². The summed E-state index contributed by atoms with van der Waals surface area (Å²) in [6, 6.07) is 9.39. The maximum atomic E-state index is 11.4. The Morgan fingerprint density at radius 1 is 1.44 bits per heavy atom. The van der Waals surface area contributed by atoms with Gasteiger partial charge in [-0.2, -0.15) is 0 Å². The van der Waals surface area contributed by atoms with Crippen molar-refractivity contribution in [1.29, 1.82) is 0 Å². The van der Waals surface area contributed by atoms with Crippen LogP contribution in [0.25, 0.3) is 0 Å². The second kappa shape index (κ2) is 5.90. The zero-order valence-electron chi connectivity index (χ0n) is 9.72. The second-order valence-electron chi connectivity index (χ2n) is 3.85. The van der Waals surface area contributed by atoms with E-state index in [4.69, 9.17) is 9.47 Å². The van der Waals surface area contributed by atoms with Gasteiger partial charge in [-0.1, -0.05) is 30.3 Å². The topological polar surface area (TPSA) is 76.7 Å². The number of hydrogen-bond donors (Lipinski definition) is 2. The third kappa shape index (κ3) is 3.65. The highest BCUT2D eigenvalue weighted by molar-refractivity contribution is 5.70. The Morgan fingerprint density at radius 3 is 2.89 bits per heavy atom. The molecule has 0 radical (unpaired) electrons. The number of ether oxygens (including phenoxy) is 2. The van der Waals surface area contributed by atoms with Crippen LogP contribution in [0.5, 0.6) is 0 Å². The highest BCUT2D eigenvalue weighted by Crippen LogP contribution is 2.01. The van der Waals surface area contributed by atoms with Crippen molar-refractivity contribution >= 4 is 12.2 Å². The summed E-state index contributed by atoms with van der Waals surface area (Å²) >= 11 is 0. The third-order valence-electron chi connectivity index (χ3n) is 2.43. The minimum atomic E-state index is -0.526. The summed E-state index contributed by atoms with van der Waals surface area (Å²) in [5.74, 6) is 0. The van der Waals surface area contributed by atoms with Gasteiger partial charge in [-0.25, -0.2) is 9.59 Å². The Bertz CT molecular complexity index is 421. The summed E-state index contributed by atoms with van der Waals surface area (Å²) in [7, 11) is 0. The molecule has 1 atom stereocenters. The van der Waals surface area contributed by atoms with Crippen molar-refractivity contribution < 1.29 is 19.1 Å². The molecule has 0 spiro atoms. The molecule has 1 aromatic rings. The average molecular weight is 250 g/mol. The largest absolute Gasteiger partial charge is 0.445 e. The second-order valence-corrected chi connectivity index (χ2v) is 3.85. The molecule has 0 saturated carbocycles. The molecule has 0 unspecified atom stereocenters. The third-order valence-corrected chi connectivity index (χ3v) is 2.43. The van der Waals surface area contributed by atoms with Crippen molar-refractivity contribution in [3.05, 3.63) is 35.9 Å². The molecule has 6 heteroatoms. The summed E-state index contributed by atoms with van der Waals surface area (Å²) in [5, 5.41) is 5.03. The van der Waals surface area contributed by atoms with Gasteiger partial charge < -0.3 is 20.1 Å². The molecular weight excluding hydrogens is 236 g/mol. The number of benzene rings is 1. The molecule has 6 nitrogen and oxygen atoms in total. The number of rotatable bonds is 4. The Morgan fingerprint density at radius 2 is 2.22 bits per heavy atom. The number of cyclic esters (lactones) is 1. The van der Waals surface area contributed by atoms with E-state index in [-0.39, 0.29) is 19.3 Å². The molecule has 18 heavy (non-hydrogen) atoms.